The maximum absolute atomic E-state index is 12.6. The molecule has 0 saturated carbocycles. The van der Waals surface area contributed by atoms with Crippen molar-refractivity contribution in [2.75, 3.05) is 66.7 Å². The first-order valence-corrected chi connectivity index (χ1v) is 21.6. The number of phosphoric ester groups is 1. The van der Waals surface area contributed by atoms with Gasteiger partial charge in [0.15, 0.2) is 11.5 Å². The zero-order valence-corrected chi connectivity index (χ0v) is 36.0. The zero-order valence-electron chi connectivity index (χ0n) is 31.2. The summed E-state index contributed by atoms with van der Waals surface area (Å²) in [6, 6.07) is 6.45. The Labute approximate surface area is 345 Å². The number of carboxylic acid groups (broad SMARTS) is 1. The van der Waals surface area contributed by atoms with E-state index in [1.165, 1.54) is 18.6 Å². The molecule has 1 aliphatic heterocycles. The smallest absolute Gasteiger partial charge is 0.320 e. The van der Waals surface area contributed by atoms with Crippen LogP contribution < -0.4 is 34.8 Å². The Morgan fingerprint density at radius 1 is 0.981 bits per heavy atom. The number of phosphoric acid groups is 1. The summed E-state index contributed by atoms with van der Waals surface area (Å²) in [7, 11) is -3.54. The molecule has 2 atom stereocenters. The van der Waals surface area contributed by atoms with Crippen LogP contribution in [-0.4, -0.2) is 157 Å². The maximum atomic E-state index is 12.6. The maximum Gasteiger partial charge on any atom is 0.320 e. The van der Waals surface area contributed by atoms with E-state index in [4.69, 9.17) is 54.8 Å². The Morgan fingerprint density at radius 2 is 1.62 bits per heavy atom. The van der Waals surface area contributed by atoms with Gasteiger partial charge in [-0.3, -0.25) is 4.79 Å². The van der Waals surface area contributed by atoms with Gasteiger partial charge in [0.1, 0.15) is 6.04 Å². The Morgan fingerprint density at radius 3 is 2.09 bits per heavy atom. The van der Waals surface area contributed by atoms with Gasteiger partial charge in [-0.25, -0.2) is 0 Å². The molecular weight excluding hydrogens is 767 g/mol. The topological polar surface area (TPSA) is 263 Å². The zero-order chi connectivity index (χ0) is 40.2. The molecule has 3 rings (SSSR count). The van der Waals surface area contributed by atoms with E-state index in [0.29, 0.717) is 49.0 Å². The van der Waals surface area contributed by atoms with Crippen molar-refractivity contribution in [3.8, 4) is 28.7 Å². The molecule has 0 bridgehead atoms. The van der Waals surface area contributed by atoms with Crippen LogP contribution in [0.4, 0.5) is 0 Å². The molecule has 53 heavy (non-hydrogen) atoms. The summed E-state index contributed by atoms with van der Waals surface area (Å²) < 4.78 is 73.5. The summed E-state index contributed by atoms with van der Waals surface area (Å²) in [5.74, 6) is 0.694. The van der Waals surface area contributed by atoms with E-state index in [0.717, 1.165) is 19.3 Å². The van der Waals surface area contributed by atoms with Gasteiger partial charge < -0.3 is 35.5 Å². The minimum absolute atomic E-state index is 0.0468. The SMILES string of the molecule is CCCOc1c(OCCCOP(=O)(O)O)c[c]([K])cc1S(=O)(=O)CC(C)=O.COc1cc([C@@H]2CCOC2)cc(OC)c1OC.NCCC[C@H](N)C(=O)O. The monoisotopic (exact) mass is 818 g/mol. The number of ketones is 1. The molecule has 1 fully saturated rings. The molecule has 0 radical (unpaired) electrons. The van der Waals surface area contributed by atoms with E-state index in [1.54, 1.807) is 27.4 Å². The van der Waals surface area contributed by atoms with E-state index >= 15 is 0 Å². The first-order chi connectivity index (χ1) is 24.9. The summed E-state index contributed by atoms with van der Waals surface area (Å²) >= 11 is 0.151. The fourth-order valence-electron chi connectivity index (χ4n) is 4.76. The molecule has 0 spiro atoms. The number of carbonyl (C=O) groups excluding carboxylic acids is 1. The van der Waals surface area contributed by atoms with E-state index in [-0.39, 0.29) is 91.6 Å². The van der Waals surface area contributed by atoms with Gasteiger partial charge in [0.25, 0.3) is 0 Å². The number of aliphatic carboxylic acids is 1. The number of rotatable bonds is 20. The predicted octanol–water partition coefficient (Wildman–Crippen LogP) is 1.86. The van der Waals surface area contributed by atoms with Crippen molar-refractivity contribution >= 4 is 78.0 Å². The second-order valence-corrected chi connectivity index (χ2v) is 16.8. The van der Waals surface area contributed by atoms with Crippen LogP contribution in [0, 0.1) is 0 Å². The van der Waals surface area contributed by atoms with Gasteiger partial charge >= 0.3 is 200 Å². The van der Waals surface area contributed by atoms with Gasteiger partial charge in [-0.1, -0.05) is 0 Å². The molecule has 0 amide bonds. The Balaban J connectivity index is 0.000000456. The molecule has 0 unspecified atom stereocenters. The number of ether oxygens (including phenoxy) is 6. The first-order valence-electron chi connectivity index (χ1n) is 16.8. The fraction of sp³-hybridized carbons (Fsp3) is 0.576. The van der Waals surface area contributed by atoms with Gasteiger partial charge in [0, 0.05) is 12.5 Å². The molecule has 1 heterocycles. The standard InChI is InChI=1S/C15H22O9PS.C13H18O4.C5H12N2O2.K/c1-3-8-23-15-13(22-9-5-10-24-25(17,18)19)6-4-7-14(15)26(20,21)11-12(2)16;1-14-11-6-10(9-4-5-17-8-9)7-12(15-2)13(11)16-3;6-3-1-2-4(7)5(8)9;/h6-7H,3,5,8-11H2,1-2H3,(H2,17,18,19);6-7,9H,4-5,8H2,1-3H3;4H,1-3,6-7H2,(H,8,9);/t;9-;4-;/m.10./s1. The number of hydrogen-bond acceptors (Lipinski definition) is 14. The number of carbonyl (C=O) groups is 2. The second-order valence-electron chi connectivity index (χ2n) is 11.8. The fourth-order valence-corrected chi connectivity index (χ4v) is 7.81. The number of hydrogen-bond donors (Lipinski definition) is 5. The van der Waals surface area contributed by atoms with Crippen molar-refractivity contribution in [2.45, 2.75) is 62.8 Å². The number of nitrogens with two attached hydrogens (primary N) is 2. The number of benzene rings is 2. The van der Waals surface area contributed by atoms with Crippen molar-refractivity contribution in [3.05, 3.63) is 29.8 Å². The van der Waals surface area contributed by atoms with Crippen molar-refractivity contribution in [2.24, 2.45) is 11.5 Å². The molecule has 1 aliphatic rings. The van der Waals surface area contributed by atoms with Crippen LogP contribution in [0.5, 0.6) is 28.7 Å². The summed E-state index contributed by atoms with van der Waals surface area (Å²) in [5.41, 5.74) is 11.5. The molecule has 17 nitrogen and oxygen atoms in total. The average Bonchev–Trinajstić information content (AvgIpc) is 3.64. The van der Waals surface area contributed by atoms with Crippen molar-refractivity contribution in [3.63, 3.8) is 0 Å². The van der Waals surface area contributed by atoms with E-state index in [2.05, 4.69) is 4.52 Å². The molecule has 2 aromatic rings. The summed E-state index contributed by atoms with van der Waals surface area (Å²) in [6.45, 7) is 5.26. The summed E-state index contributed by atoms with van der Waals surface area (Å²) in [6.07, 6.45) is 3.01. The Hall–Kier alpha value is -1.84. The average molecular weight is 819 g/mol. The number of carboxylic acids is 1. The van der Waals surface area contributed by atoms with Gasteiger partial charge in [-0.2, -0.15) is 0 Å². The molecule has 0 aliphatic carbocycles. The number of Topliss-reactive ketones (excluding diaryl/α,β-unsaturated/α-hetero) is 1. The van der Waals surface area contributed by atoms with Crippen LogP contribution in [-0.2, 0) is 33.3 Å². The Kier molecular flexibility index (Phi) is 23.5. The normalized spacial score (nSPS) is 14.5. The summed E-state index contributed by atoms with van der Waals surface area (Å²) in [5, 5.41) is 8.24. The Bertz CT molecular complexity index is 1580. The third-order valence-electron chi connectivity index (χ3n) is 7.27. The molecule has 7 N–H and O–H groups in total. The number of methoxy groups -OCH3 is 3. The van der Waals surface area contributed by atoms with E-state index in [1.807, 2.05) is 19.1 Å². The van der Waals surface area contributed by atoms with Crippen molar-refractivity contribution in [1.29, 1.82) is 0 Å². The predicted molar refractivity (Wildman–Crippen MR) is 197 cm³/mol. The molecule has 20 heteroatoms. The van der Waals surface area contributed by atoms with Gasteiger partial charge in [-0.15, -0.1) is 0 Å². The minimum Gasteiger partial charge on any atom is -0.493 e. The quantitative estimate of drug-likeness (QED) is 0.0725. The molecule has 296 valence electrons. The van der Waals surface area contributed by atoms with Crippen LogP contribution in [0.15, 0.2) is 29.2 Å². The largest absolute Gasteiger partial charge is 0.493 e. The van der Waals surface area contributed by atoms with Crippen LogP contribution in [0.2, 0.25) is 0 Å². The van der Waals surface area contributed by atoms with Crippen molar-refractivity contribution < 1.29 is 70.4 Å². The molecule has 1 saturated heterocycles. The second kappa shape index (κ2) is 25.3. The van der Waals surface area contributed by atoms with Gasteiger partial charge in [-0.05, 0) is 43.5 Å². The van der Waals surface area contributed by atoms with Gasteiger partial charge in [0.2, 0.25) is 5.75 Å². The van der Waals surface area contributed by atoms with Crippen LogP contribution in [0.1, 0.15) is 57.4 Å². The van der Waals surface area contributed by atoms with E-state index < -0.39 is 41.2 Å². The van der Waals surface area contributed by atoms with E-state index in [9.17, 15) is 22.6 Å². The van der Waals surface area contributed by atoms with Crippen molar-refractivity contribution in [1.82, 2.24) is 0 Å². The van der Waals surface area contributed by atoms with Gasteiger partial charge in [0.05, 0.1) is 27.9 Å². The third kappa shape index (κ3) is 18.6. The molecular formula is C33H52KN2O15PS. The minimum atomic E-state index is -4.54. The number of sulfone groups is 1. The first kappa shape index (κ1) is 49.2. The summed E-state index contributed by atoms with van der Waals surface area (Å²) in [4.78, 5) is 38.6. The van der Waals surface area contributed by atoms with Crippen LogP contribution in [0.3, 0.4) is 0 Å². The third-order valence-corrected chi connectivity index (χ3v) is 10.5. The van der Waals surface area contributed by atoms with Crippen LogP contribution in [0.25, 0.3) is 0 Å². The molecule has 0 aromatic heterocycles. The van der Waals surface area contributed by atoms with Crippen LogP contribution >= 0.6 is 7.82 Å². The molecule has 2 aromatic carbocycles.